The van der Waals surface area contributed by atoms with E-state index in [1.807, 2.05) is 0 Å². The normalized spacial score (nSPS) is 21.3. The van der Waals surface area contributed by atoms with E-state index >= 15 is 0 Å². The molecule has 0 aliphatic carbocycles. The molecule has 1 aliphatic heterocycles. The zero-order valence-corrected chi connectivity index (χ0v) is 7.65. The van der Waals surface area contributed by atoms with E-state index in [9.17, 15) is 13.6 Å². The maximum atomic E-state index is 12.8. The summed E-state index contributed by atoms with van der Waals surface area (Å²) in [6, 6.07) is -0.387. The van der Waals surface area contributed by atoms with Crippen molar-refractivity contribution < 1.29 is 13.6 Å². The van der Waals surface area contributed by atoms with Crippen molar-refractivity contribution in [2.24, 2.45) is 0 Å². The number of rotatable bonds is 1. The van der Waals surface area contributed by atoms with Crippen LogP contribution >= 0.6 is 0 Å². The summed E-state index contributed by atoms with van der Waals surface area (Å²) in [6.45, 7) is 2.22. The van der Waals surface area contributed by atoms with Gasteiger partial charge in [0.1, 0.15) is 0 Å². The minimum atomic E-state index is -2.71. The highest BCUT2D eigenvalue weighted by Gasteiger charge is 2.36. The van der Waals surface area contributed by atoms with E-state index in [0.29, 0.717) is 19.5 Å². The maximum absolute atomic E-state index is 12.8. The molecule has 1 fully saturated rings. The smallest absolute Gasteiger partial charge is 0.317 e. The van der Waals surface area contributed by atoms with Crippen molar-refractivity contribution in [2.45, 2.75) is 25.7 Å². The molecule has 0 bridgehead atoms. The highest BCUT2D eigenvalue weighted by molar-refractivity contribution is 5.74. The molecule has 0 radical (unpaired) electrons. The van der Waals surface area contributed by atoms with Crippen LogP contribution in [0.4, 0.5) is 13.6 Å². The molecule has 3 nitrogen and oxygen atoms in total. The Labute approximate surface area is 76.1 Å². The molecule has 0 aromatic rings. The summed E-state index contributed by atoms with van der Waals surface area (Å²) in [4.78, 5) is 12.3. The minimum Gasteiger partial charge on any atom is -0.338 e. The Morgan fingerprint density at radius 2 is 2.31 bits per heavy atom. The van der Waals surface area contributed by atoms with Gasteiger partial charge in [0, 0.05) is 19.5 Å². The Morgan fingerprint density at radius 1 is 1.62 bits per heavy atom. The number of urea groups is 1. The van der Waals surface area contributed by atoms with Crippen LogP contribution in [0.3, 0.4) is 0 Å². The Morgan fingerprint density at radius 3 is 2.85 bits per heavy atom. The quantitative estimate of drug-likeness (QED) is 0.670. The Hall–Kier alpha value is -0.870. The monoisotopic (exact) mass is 192 g/mol. The third-order valence-electron chi connectivity index (χ3n) is 2.01. The van der Waals surface area contributed by atoms with Crippen LogP contribution in [-0.2, 0) is 0 Å². The molecule has 5 heteroatoms. The van der Waals surface area contributed by atoms with Gasteiger partial charge in [-0.3, -0.25) is 0 Å². The number of carbonyl (C=O) groups excluding carboxylic acids is 1. The number of hydrogen-bond acceptors (Lipinski definition) is 1. The van der Waals surface area contributed by atoms with Crippen LogP contribution in [0, 0.1) is 0 Å². The van der Waals surface area contributed by atoms with E-state index in [4.69, 9.17) is 0 Å². The van der Waals surface area contributed by atoms with Crippen molar-refractivity contribution >= 4 is 6.03 Å². The lowest BCUT2D eigenvalue weighted by Crippen LogP contribution is -2.49. The van der Waals surface area contributed by atoms with E-state index < -0.39 is 12.5 Å². The van der Waals surface area contributed by atoms with Gasteiger partial charge in [0.05, 0.1) is 6.54 Å². The second kappa shape index (κ2) is 3.89. The summed E-state index contributed by atoms with van der Waals surface area (Å²) in [7, 11) is 0. The van der Waals surface area contributed by atoms with Gasteiger partial charge < -0.3 is 10.2 Å². The van der Waals surface area contributed by atoms with Crippen LogP contribution in [0.5, 0.6) is 0 Å². The van der Waals surface area contributed by atoms with Crippen molar-refractivity contribution in [3.05, 3.63) is 0 Å². The summed E-state index contributed by atoms with van der Waals surface area (Å²) >= 11 is 0. The minimum absolute atomic E-state index is 0.108. The van der Waals surface area contributed by atoms with Crippen molar-refractivity contribution in [1.29, 1.82) is 0 Å². The van der Waals surface area contributed by atoms with E-state index in [1.165, 1.54) is 4.90 Å². The van der Waals surface area contributed by atoms with Gasteiger partial charge in [0.15, 0.2) is 0 Å². The first-order chi connectivity index (χ1) is 6.05. The highest BCUT2D eigenvalue weighted by Crippen LogP contribution is 2.26. The molecule has 13 heavy (non-hydrogen) atoms. The number of hydrogen-bond donors (Lipinski definition) is 1. The topological polar surface area (TPSA) is 32.3 Å². The first kappa shape index (κ1) is 10.2. The van der Waals surface area contributed by atoms with Crippen molar-refractivity contribution in [1.82, 2.24) is 10.2 Å². The van der Waals surface area contributed by atoms with Crippen molar-refractivity contribution in [3.63, 3.8) is 0 Å². The number of halogens is 2. The third-order valence-corrected chi connectivity index (χ3v) is 2.01. The van der Waals surface area contributed by atoms with Crippen molar-refractivity contribution in [3.8, 4) is 0 Å². The molecule has 1 heterocycles. The van der Waals surface area contributed by atoms with Gasteiger partial charge in [0.2, 0.25) is 0 Å². The van der Waals surface area contributed by atoms with Gasteiger partial charge >= 0.3 is 6.03 Å². The van der Waals surface area contributed by atoms with E-state index in [2.05, 4.69) is 5.32 Å². The number of nitrogens with zero attached hydrogens (tertiary/aromatic N) is 1. The zero-order chi connectivity index (χ0) is 9.90. The number of nitrogens with one attached hydrogen (secondary N) is 1. The van der Waals surface area contributed by atoms with Crippen LogP contribution in [0.1, 0.15) is 19.8 Å². The molecule has 1 N–H and O–H groups in total. The predicted octanol–water partition coefficient (Wildman–Crippen LogP) is 1.45. The van der Waals surface area contributed by atoms with Crippen molar-refractivity contribution in [2.75, 3.05) is 19.6 Å². The van der Waals surface area contributed by atoms with E-state index in [1.54, 1.807) is 6.92 Å². The van der Waals surface area contributed by atoms with Gasteiger partial charge in [-0.05, 0) is 13.3 Å². The molecule has 76 valence electrons. The fourth-order valence-electron chi connectivity index (χ4n) is 1.40. The Balaban J connectivity index is 2.47. The lowest BCUT2D eigenvalue weighted by molar-refractivity contribution is -0.0522. The summed E-state index contributed by atoms with van der Waals surface area (Å²) in [5.74, 6) is -2.71. The fourth-order valence-corrected chi connectivity index (χ4v) is 1.40. The van der Waals surface area contributed by atoms with Gasteiger partial charge in [-0.2, -0.15) is 0 Å². The van der Waals surface area contributed by atoms with E-state index in [-0.39, 0.29) is 12.5 Å². The van der Waals surface area contributed by atoms with Crippen LogP contribution < -0.4 is 5.32 Å². The number of piperidine rings is 1. The Bertz CT molecular complexity index is 197. The summed E-state index contributed by atoms with van der Waals surface area (Å²) in [5.41, 5.74) is 0. The number of carbonyl (C=O) groups is 1. The average Bonchev–Trinajstić information content (AvgIpc) is 2.03. The molecule has 1 saturated heterocycles. The molecule has 0 aromatic carbocycles. The van der Waals surface area contributed by atoms with Crippen LogP contribution in [0.15, 0.2) is 0 Å². The summed E-state index contributed by atoms with van der Waals surface area (Å²) in [6.07, 6.45) is 0.271. The van der Waals surface area contributed by atoms with E-state index in [0.717, 1.165) is 0 Å². The lowest BCUT2D eigenvalue weighted by Gasteiger charge is -2.32. The molecule has 0 atom stereocenters. The van der Waals surface area contributed by atoms with Crippen LogP contribution in [0.2, 0.25) is 0 Å². The summed E-state index contributed by atoms with van der Waals surface area (Å²) in [5, 5.41) is 2.51. The molecular weight excluding hydrogens is 178 g/mol. The second-order valence-corrected chi connectivity index (χ2v) is 3.22. The van der Waals surface area contributed by atoms with Gasteiger partial charge in [-0.25, -0.2) is 13.6 Å². The molecule has 0 unspecified atom stereocenters. The van der Waals surface area contributed by atoms with Crippen LogP contribution in [-0.4, -0.2) is 36.5 Å². The molecule has 1 aliphatic rings. The Kier molecular flexibility index (Phi) is 3.06. The molecular formula is C8H14F2N2O. The SMILES string of the molecule is CCNC(=O)N1CCCC(F)(F)C1. The van der Waals surface area contributed by atoms with Gasteiger partial charge in [-0.15, -0.1) is 0 Å². The van der Waals surface area contributed by atoms with Gasteiger partial charge in [0.25, 0.3) is 5.92 Å². The summed E-state index contributed by atoms with van der Waals surface area (Å²) < 4.78 is 25.7. The molecule has 0 aromatic heterocycles. The highest BCUT2D eigenvalue weighted by atomic mass is 19.3. The van der Waals surface area contributed by atoms with Gasteiger partial charge in [-0.1, -0.05) is 0 Å². The average molecular weight is 192 g/mol. The predicted molar refractivity (Wildman–Crippen MR) is 44.8 cm³/mol. The zero-order valence-electron chi connectivity index (χ0n) is 7.65. The largest absolute Gasteiger partial charge is 0.338 e. The number of alkyl halides is 2. The molecule has 1 rings (SSSR count). The maximum Gasteiger partial charge on any atom is 0.317 e. The lowest BCUT2D eigenvalue weighted by atomic mass is 10.1. The first-order valence-electron chi connectivity index (χ1n) is 4.46. The number of amides is 2. The molecule has 2 amide bonds. The third kappa shape index (κ3) is 2.82. The van der Waals surface area contributed by atoms with Crippen LogP contribution in [0.25, 0.3) is 0 Å². The number of likely N-dealkylation sites (tertiary alicyclic amines) is 1. The molecule has 0 spiro atoms. The fraction of sp³-hybridized carbons (Fsp3) is 0.875. The molecule has 0 saturated carbocycles. The second-order valence-electron chi connectivity index (χ2n) is 3.22. The first-order valence-corrected chi connectivity index (χ1v) is 4.46. The standard InChI is InChI=1S/C8H14F2N2O/c1-2-11-7(13)12-5-3-4-8(9,10)6-12/h2-6H2,1H3,(H,11,13).